The van der Waals surface area contributed by atoms with Crippen molar-refractivity contribution in [1.82, 2.24) is 4.37 Å². The van der Waals surface area contributed by atoms with Crippen LogP contribution in [0.5, 0.6) is 0 Å². The summed E-state index contributed by atoms with van der Waals surface area (Å²) in [7, 11) is 0. The number of amides is 1. The maximum atomic E-state index is 11.8. The third-order valence-electron chi connectivity index (χ3n) is 2.00. The Morgan fingerprint density at radius 2 is 2.24 bits per heavy atom. The van der Waals surface area contributed by atoms with Crippen LogP contribution in [-0.2, 0) is 0 Å². The highest BCUT2D eigenvalue weighted by Crippen LogP contribution is 2.18. The zero-order chi connectivity index (χ0) is 12.3. The normalized spacial score (nSPS) is 9.65. The Balaban J connectivity index is 2.22. The van der Waals surface area contributed by atoms with Gasteiger partial charge in [-0.05, 0) is 23.7 Å². The van der Waals surface area contributed by atoms with Crippen LogP contribution in [0.3, 0.4) is 0 Å². The highest BCUT2D eigenvalue weighted by molar-refractivity contribution is 7.08. The highest BCUT2D eigenvalue weighted by Gasteiger charge is 2.11. The van der Waals surface area contributed by atoms with E-state index >= 15 is 0 Å². The van der Waals surface area contributed by atoms with Gasteiger partial charge < -0.3 is 5.32 Å². The number of nitrogens with one attached hydrogen (secondary N) is 1. The Morgan fingerprint density at radius 1 is 1.47 bits per heavy atom. The number of hydrogen-bond acceptors (Lipinski definition) is 4. The van der Waals surface area contributed by atoms with Gasteiger partial charge in [0.2, 0.25) is 0 Å². The summed E-state index contributed by atoms with van der Waals surface area (Å²) in [5.41, 5.74) is 0.890. The first-order valence-corrected chi connectivity index (χ1v) is 5.78. The van der Waals surface area contributed by atoms with Crippen LogP contribution >= 0.6 is 23.1 Å². The number of benzene rings is 1. The largest absolute Gasteiger partial charge is 0.320 e. The summed E-state index contributed by atoms with van der Waals surface area (Å²) in [6, 6.07) is 10.3. The van der Waals surface area contributed by atoms with Crippen molar-refractivity contribution in [2.75, 3.05) is 5.32 Å². The summed E-state index contributed by atoms with van der Waals surface area (Å²) < 4.78 is 3.80. The van der Waals surface area contributed by atoms with Crippen molar-refractivity contribution in [2.45, 2.75) is 0 Å². The molecule has 17 heavy (non-hydrogen) atoms. The molecule has 0 unspecified atom stereocenters. The first-order valence-electron chi connectivity index (χ1n) is 4.63. The molecule has 0 aliphatic rings. The number of para-hydroxylation sites is 1. The average Bonchev–Trinajstić information content (AvgIpc) is 2.77. The van der Waals surface area contributed by atoms with Crippen molar-refractivity contribution in [3.8, 4) is 6.07 Å². The van der Waals surface area contributed by atoms with Crippen molar-refractivity contribution in [3.63, 3.8) is 0 Å². The molecule has 84 valence electrons. The number of rotatable bonds is 2. The lowest BCUT2D eigenvalue weighted by Gasteiger charge is -2.04. The van der Waals surface area contributed by atoms with E-state index in [9.17, 15) is 4.79 Å². The van der Waals surface area contributed by atoms with Gasteiger partial charge in [-0.15, -0.1) is 0 Å². The molecule has 4 nitrogen and oxygen atoms in total. The first kappa shape index (κ1) is 11.6. The van der Waals surface area contributed by atoms with Crippen LogP contribution in [0.15, 0.2) is 30.3 Å². The van der Waals surface area contributed by atoms with Crippen molar-refractivity contribution in [1.29, 1.82) is 5.26 Å². The Labute approximate surface area is 107 Å². The van der Waals surface area contributed by atoms with Crippen molar-refractivity contribution in [3.05, 3.63) is 45.9 Å². The monoisotopic (exact) mass is 263 g/mol. The Hall–Kier alpha value is -1.90. The smallest absolute Gasteiger partial charge is 0.267 e. The molecule has 2 rings (SSSR count). The fraction of sp³-hybridized carbons (Fsp3) is 0. The van der Waals surface area contributed by atoms with Crippen LogP contribution < -0.4 is 5.32 Å². The van der Waals surface area contributed by atoms with Crippen molar-refractivity contribution in [2.24, 2.45) is 0 Å². The summed E-state index contributed by atoms with van der Waals surface area (Å²) in [6.45, 7) is 0. The third kappa shape index (κ3) is 2.61. The molecule has 0 aliphatic heterocycles. The number of carbonyl (C=O) groups is 1. The molecule has 1 heterocycles. The molecular formula is C11H6ClN3OS. The number of halogens is 1. The minimum absolute atomic E-state index is 0.286. The van der Waals surface area contributed by atoms with E-state index in [4.69, 9.17) is 16.9 Å². The second kappa shape index (κ2) is 4.95. The fourth-order valence-corrected chi connectivity index (χ4v) is 2.05. The van der Waals surface area contributed by atoms with Gasteiger partial charge in [0.1, 0.15) is 16.1 Å². The predicted molar refractivity (Wildman–Crippen MR) is 66.2 cm³/mol. The van der Waals surface area contributed by atoms with Crippen LogP contribution in [-0.4, -0.2) is 10.3 Å². The van der Waals surface area contributed by atoms with Crippen LogP contribution in [0.4, 0.5) is 5.69 Å². The Morgan fingerprint density at radius 3 is 2.88 bits per heavy atom. The lowest BCUT2D eigenvalue weighted by atomic mass is 10.2. The summed E-state index contributed by atoms with van der Waals surface area (Å²) in [4.78, 5) is 12.2. The number of carbonyl (C=O) groups excluding carboxylic acids is 1. The summed E-state index contributed by atoms with van der Waals surface area (Å²) >= 11 is 6.65. The van der Waals surface area contributed by atoms with Crippen molar-refractivity contribution >= 4 is 34.7 Å². The molecule has 0 saturated carbocycles. The molecule has 1 aromatic carbocycles. The zero-order valence-corrected chi connectivity index (χ0v) is 10.0. The average molecular weight is 264 g/mol. The lowest BCUT2D eigenvalue weighted by molar-refractivity contribution is 0.103. The quantitative estimate of drug-likeness (QED) is 0.906. The molecule has 0 spiro atoms. The Kier molecular flexibility index (Phi) is 3.38. The standard InChI is InChI=1S/C11H6ClN3OS/c12-10-5-9(17-15-10)11(16)14-8-4-2-1-3-7(8)6-13/h1-5H,(H,14,16). The minimum Gasteiger partial charge on any atom is -0.320 e. The maximum absolute atomic E-state index is 11.8. The second-order valence-corrected chi connectivity index (χ2v) is 4.32. The number of anilines is 1. The van der Waals surface area contributed by atoms with Crippen molar-refractivity contribution < 1.29 is 4.79 Å². The van der Waals surface area contributed by atoms with Crippen LogP contribution in [0, 0.1) is 11.3 Å². The molecule has 0 atom stereocenters. The van der Waals surface area contributed by atoms with E-state index in [0.717, 1.165) is 11.5 Å². The minimum atomic E-state index is -0.322. The summed E-state index contributed by atoms with van der Waals surface area (Å²) in [5, 5.41) is 11.8. The van der Waals surface area contributed by atoms with Gasteiger partial charge in [0, 0.05) is 6.07 Å². The fourth-order valence-electron chi connectivity index (χ4n) is 1.23. The topological polar surface area (TPSA) is 65.8 Å². The highest BCUT2D eigenvalue weighted by atomic mass is 35.5. The second-order valence-electron chi connectivity index (χ2n) is 3.13. The van der Waals surface area contributed by atoms with E-state index in [1.165, 1.54) is 6.07 Å². The van der Waals surface area contributed by atoms with Gasteiger partial charge in [0.25, 0.3) is 5.91 Å². The molecule has 0 aliphatic carbocycles. The first-order chi connectivity index (χ1) is 8.20. The summed E-state index contributed by atoms with van der Waals surface area (Å²) in [6.07, 6.45) is 0. The maximum Gasteiger partial charge on any atom is 0.267 e. The van der Waals surface area contributed by atoms with Gasteiger partial charge in [0.15, 0.2) is 0 Å². The van der Waals surface area contributed by atoms with E-state index in [0.29, 0.717) is 16.1 Å². The molecule has 0 fully saturated rings. The molecule has 0 saturated heterocycles. The van der Waals surface area contributed by atoms with Crippen LogP contribution in [0.1, 0.15) is 15.2 Å². The molecule has 1 amide bonds. The number of aromatic nitrogens is 1. The SMILES string of the molecule is N#Cc1ccccc1NC(=O)c1cc(Cl)ns1. The van der Waals surface area contributed by atoms with Gasteiger partial charge in [0.05, 0.1) is 11.3 Å². The van der Waals surface area contributed by atoms with Crippen LogP contribution in [0.25, 0.3) is 0 Å². The number of nitriles is 1. The predicted octanol–water partition coefficient (Wildman–Crippen LogP) is 2.92. The van der Waals surface area contributed by atoms with Gasteiger partial charge >= 0.3 is 0 Å². The Bertz CT molecular complexity index is 603. The zero-order valence-electron chi connectivity index (χ0n) is 8.48. The van der Waals surface area contributed by atoms with E-state index < -0.39 is 0 Å². The van der Waals surface area contributed by atoms with E-state index in [-0.39, 0.29) is 11.1 Å². The van der Waals surface area contributed by atoms with Gasteiger partial charge in [-0.25, -0.2) is 0 Å². The lowest BCUT2D eigenvalue weighted by Crippen LogP contribution is -2.11. The summed E-state index contributed by atoms with van der Waals surface area (Å²) in [5.74, 6) is -0.322. The molecule has 0 bridgehead atoms. The molecule has 1 aromatic heterocycles. The van der Waals surface area contributed by atoms with Gasteiger partial charge in [-0.3, -0.25) is 4.79 Å². The van der Waals surface area contributed by atoms with Crippen LogP contribution in [0.2, 0.25) is 5.15 Å². The number of nitrogens with zero attached hydrogens (tertiary/aromatic N) is 2. The van der Waals surface area contributed by atoms with Gasteiger partial charge in [-0.2, -0.15) is 9.64 Å². The van der Waals surface area contributed by atoms with E-state index in [2.05, 4.69) is 9.69 Å². The molecule has 6 heteroatoms. The molecule has 1 N–H and O–H groups in total. The molecular weight excluding hydrogens is 258 g/mol. The third-order valence-corrected chi connectivity index (χ3v) is 3.08. The number of hydrogen-bond donors (Lipinski definition) is 1. The van der Waals surface area contributed by atoms with Gasteiger partial charge in [-0.1, -0.05) is 23.7 Å². The molecule has 2 aromatic rings. The molecule has 0 radical (unpaired) electrons. The van der Waals surface area contributed by atoms with E-state index in [1.54, 1.807) is 24.3 Å². The van der Waals surface area contributed by atoms with E-state index in [1.807, 2.05) is 6.07 Å².